The molecule has 0 aromatic heterocycles. The van der Waals surface area contributed by atoms with E-state index in [1.807, 2.05) is 0 Å². The summed E-state index contributed by atoms with van der Waals surface area (Å²) in [4.78, 5) is 0. The largest absolute Gasteiger partial charge is 0.454 e. The van der Waals surface area contributed by atoms with Crippen LogP contribution in [0.25, 0.3) is 0 Å². The number of nitrogens with two attached hydrogens (primary N) is 1. The minimum atomic E-state index is -0.258. The highest BCUT2D eigenvalue weighted by molar-refractivity contribution is 9.10. The zero-order valence-electron chi connectivity index (χ0n) is 10.7. The van der Waals surface area contributed by atoms with Gasteiger partial charge in [-0.05, 0) is 34.8 Å². The summed E-state index contributed by atoms with van der Waals surface area (Å²) >= 11 is 3.28. The van der Waals surface area contributed by atoms with Gasteiger partial charge in [0.2, 0.25) is 6.79 Å². The van der Waals surface area contributed by atoms with Gasteiger partial charge in [-0.3, -0.25) is 0 Å². The van der Waals surface area contributed by atoms with Crippen molar-refractivity contribution in [1.29, 1.82) is 0 Å². The lowest BCUT2D eigenvalue weighted by molar-refractivity contribution is 0.173. The standard InChI is InChI=1S/C14H17BrFNO2/c15-11-12(16)9(6-10-13(11)19-8-18-10)14(7-17)4-2-1-3-5-14/h6H,1-5,7-8,17H2. The van der Waals surface area contributed by atoms with Crippen LogP contribution in [0, 0.1) is 5.82 Å². The maximum Gasteiger partial charge on any atom is 0.231 e. The Morgan fingerprint density at radius 1 is 1.26 bits per heavy atom. The molecule has 0 amide bonds. The first-order chi connectivity index (χ1) is 9.18. The number of benzene rings is 1. The van der Waals surface area contributed by atoms with Crippen molar-refractivity contribution in [3.05, 3.63) is 21.9 Å². The molecule has 1 fully saturated rings. The molecule has 1 saturated carbocycles. The second-order valence-electron chi connectivity index (χ2n) is 5.33. The van der Waals surface area contributed by atoms with Crippen molar-refractivity contribution in [3.8, 4) is 11.5 Å². The third kappa shape index (κ3) is 2.03. The fraction of sp³-hybridized carbons (Fsp3) is 0.571. The first kappa shape index (κ1) is 13.2. The van der Waals surface area contributed by atoms with E-state index in [1.54, 1.807) is 6.07 Å². The topological polar surface area (TPSA) is 44.5 Å². The van der Waals surface area contributed by atoms with Crippen molar-refractivity contribution < 1.29 is 13.9 Å². The van der Waals surface area contributed by atoms with Crippen LogP contribution < -0.4 is 15.2 Å². The fourth-order valence-electron chi connectivity index (χ4n) is 3.18. The van der Waals surface area contributed by atoms with E-state index in [2.05, 4.69) is 15.9 Å². The molecule has 3 nitrogen and oxygen atoms in total. The molecule has 1 heterocycles. The molecule has 3 rings (SSSR count). The lowest BCUT2D eigenvalue weighted by atomic mass is 9.69. The van der Waals surface area contributed by atoms with E-state index >= 15 is 0 Å². The first-order valence-corrected chi connectivity index (χ1v) is 7.45. The highest BCUT2D eigenvalue weighted by atomic mass is 79.9. The average molecular weight is 330 g/mol. The Morgan fingerprint density at radius 3 is 2.68 bits per heavy atom. The van der Waals surface area contributed by atoms with Gasteiger partial charge in [0.05, 0.1) is 4.47 Å². The number of fused-ring (bicyclic) bond motifs is 1. The molecule has 0 spiro atoms. The van der Waals surface area contributed by atoms with Crippen LogP contribution in [0.4, 0.5) is 4.39 Å². The molecular weight excluding hydrogens is 313 g/mol. The van der Waals surface area contributed by atoms with Crippen LogP contribution in [-0.2, 0) is 5.41 Å². The number of ether oxygens (including phenoxy) is 2. The molecule has 19 heavy (non-hydrogen) atoms. The van der Waals surface area contributed by atoms with Crippen LogP contribution in [0.1, 0.15) is 37.7 Å². The molecule has 1 aromatic carbocycles. The van der Waals surface area contributed by atoms with Gasteiger partial charge in [-0.25, -0.2) is 4.39 Å². The zero-order valence-corrected chi connectivity index (χ0v) is 12.3. The molecule has 104 valence electrons. The van der Waals surface area contributed by atoms with Crippen LogP contribution in [0.3, 0.4) is 0 Å². The number of hydrogen-bond donors (Lipinski definition) is 1. The van der Waals surface area contributed by atoms with Crippen molar-refractivity contribution in [2.45, 2.75) is 37.5 Å². The summed E-state index contributed by atoms with van der Waals surface area (Å²) in [6.45, 7) is 0.614. The molecule has 2 N–H and O–H groups in total. The van der Waals surface area contributed by atoms with Crippen LogP contribution in [0.5, 0.6) is 11.5 Å². The van der Waals surface area contributed by atoms with Crippen molar-refractivity contribution in [1.82, 2.24) is 0 Å². The molecule has 1 aliphatic heterocycles. The highest BCUT2D eigenvalue weighted by Crippen LogP contribution is 2.48. The Labute approximate surface area is 120 Å². The third-order valence-electron chi connectivity index (χ3n) is 4.32. The minimum absolute atomic E-state index is 0.145. The van der Waals surface area contributed by atoms with Gasteiger partial charge in [-0.2, -0.15) is 0 Å². The maximum absolute atomic E-state index is 14.6. The Hall–Kier alpha value is -0.810. The van der Waals surface area contributed by atoms with Crippen molar-refractivity contribution in [2.24, 2.45) is 5.73 Å². The highest BCUT2D eigenvalue weighted by Gasteiger charge is 2.37. The summed E-state index contributed by atoms with van der Waals surface area (Å²) < 4.78 is 25.7. The summed E-state index contributed by atoms with van der Waals surface area (Å²) in [7, 11) is 0. The van der Waals surface area contributed by atoms with Gasteiger partial charge >= 0.3 is 0 Å². The second-order valence-corrected chi connectivity index (χ2v) is 6.12. The van der Waals surface area contributed by atoms with Crippen LogP contribution in [0.2, 0.25) is 0 Å². The number of halogens is 2. The summed E-state index contributed by atoms with van der Waals surface area (Å²) in [6, 6.07) is 1.78. The van der Waals surface area contributed by atoms with E-state index in [1.165, 1.54) is 6.42 Å². The first-order valence-electron chi connectivity index (χ1n) is 6.66. The van der Waals surface area contributed by atoms with E-state index in [0.717, 1.165) is 25.7 Å². The van der Waals surface area contributed by atoms with Gasteiger partial charge in [0.15, 0.2) is 11.5 Å². The maximum atomic E-state index is 14.6. The van der Waals surface area contributed by atoms with Gasteiger partial charge in [-0.1, -0.05) is 19.3 Å². The molecule has 0 atom stereocenters. The summed E-state index contributed by atoms with van der Waals surface area (Å²) in [5.74, 6) is 0.822. The van der Waals surface area contributed by atoms with Gasteiger partial charge in [0, 0.05) is 17.5 Å². The Bertz CT molecular complexity index is 501. The van der Waals surface area contributed by atoms with Gasteiger partial charge in [0.1, 0.15) is 5.82 Å². The smallest absolute Gasteiger partial charge is 0.231 e. The third-order valence-corrected chi connectivity index (χ3v) is 5.03. The van der Waals surface area contributed by atoms with E-state index in [-0.39, 0.29) is 18.0 Å². The van der Waals surface area contributed by atoms with E-state index < -0.39 is 0 Å². The SMILES string of the molecule is NCC1(c2cc3c(c(Br)c2F)OCO3)CCCCC1. The predicted octanol–water partition coefficient (Wildman–Crippen LogP) is 3.48. The molecule has 0 bridgehead atoms. The number of hydrogen-bond acceptors (Lipinski definition) is 3. The fourth-order valence-corrected chi connectivity index (χ4v) is 3.70. The zero-order chi connectivity index (χ0) is 13.5. The van der Waals surface area contributed by atoms with Gasteiger partial charge in [0.25, 0.3) is 0 Å². The van der Waals surface area contributed by atoms with Gasteiger partial charge < -0.3 is 15.2 Å². The molecular formula is C14H17BrFNO2. The quantitative estimate of drug-likeness (QED) is 0.903. The van der Waals surface area contributed by atoms with E-state index in [9.17, 15) is 4.39 Å². The number of rotatable bonds is 2. The van der Waals surface area contributed by atoms with E-state index in [4.69, 9.17) is 15.2 Å². The summed E-state index contributed by atoms with van der Waals surface area (Å²) in [6.07, 6.45) is 5.28. The van der Waals surface area contributed by atoms with Crippen LogP contribution in [-0.4, -0.2) is 13.3 Å². The van der Waals surface area contributed by atoms with Crippen molar-refractivity contribution in [3.63, 3.8) is 0 Å². The summed E-state index contributed by atoms with van der Waals surface area (Å²) in [5, 5.41) is 0. The van der Waals surface area contributed by atoms with E-state index in [0.29, 0.717) is 28.1 Å². The Morgan fingerprint density at radius 2 is 2.00 bits per heavy atom. The van der Waals surface area contributed by atoms with Gasteiger partial charge in [-0.15, -0.1) is 0 Å². The molecule has 1 aliphatic carbocycles. The molecule has 0 unspecified atom stereocenters. The van der Waals surface area contributed by atoms with Crippen LogP contribution in [0.15, 0.2) is 10.5 Å². The minimum Gasteiger partial charge on any atom is -0.454 e. The lowest BCUT2D eigenvalue weighted by Crippen LogP contribution is -2.38. The molecule has 1 aromatic rings. The molecule has 5 heteroatoms. The predicted molar refractivity (Wildman–Crippen MR) is 74.0 cm³/mol. The average Bonchev–Trinajstić information content (AvgIpc) is 2.92. The molecule has 0 radical (unpaired) electrons. The molecule has 2 aliphatic rings. The normalized spacial score (nSPS) is 20.6. The summed E-state index contributed by atoms with van der Waals surface area (Å²) in [5.41, 5.74) is 6.39. The Balaban J connectivity index is 2.11. The molecule has 0 saturated heterocycles. The van der Waals surface area contributed by atoms with Crippen LogP contribution >= 0.6 is 15.9 Å². The second kappa shape index (κ2) is 4.94. The Kier molecular flexibility index (Phi) is 3.43. The lowest BCUT2D eigenvalue weighted by Gasteiger charge is -2.37. The van der Waals surface area contributed by atoms with Crippen molar-refractivity contribution >= 4 is 15.9 Å². The van der Waals surface area contributed by atoms with Crippen molar-refractivity contribution in [2.75, 3.05) is 13.3 Å². The monoisotopic (exact) mass is 329 g/mol.